The van der Waals surface area contributed by atoms with Crippen molar-refractivity contribution >= 4 is 46.6 Å². The van der Waals surface area contributed by atoms with Crippen LogP contribution in [0.25, 0.3) is 5.69 Å². The topological polar surface area (TPSA) is 80.1 Å². The average molecular weight is 428 g/mol. The van der Waals surface area contributed by atoms with E-state index >= 15 is 0 Å². The van der Waals surface area contributed by atoms with Crippen molar-refractivity contribution in [2.24, 2.45) is 0 Å². The SMILES string of the molecule is CC1CC(=O)Nc2ccccc2N1C(=O)CSc1nncn1-c1cccc(Cl)c1. The predicted molar refractivity (Wildman–Crippen MR) is 114 cm³/mol. The van der Waals surface area contributed by atoms with Gasteiger partial charge in [-0.2, -0.15) is 0 Å². The molecule has 1 atom stereocenters. The summed E-state index contributed by atoms with van der Waals surface area (Å²) >= 11 is 7.37. The van der Waals surface area contributed by atoms with Crippen molar-refractivity contribution in [1.29, 1.82) is 0 Å². The summed E-state index contributed by atoms with van der Waals surface area (Å²) in [5, 5.41) is 12.2. The lowest BCUT2D eigenvalue weighted by molar-refractivity contribution is -0.117. The molecule has 0 saturated carbocycles. The van der Waals surface area contributed by atoms with Gasteiger partial charge >= 0.3 is 0 Å². The highest BCUT2D eigenvalue weighted by atomic mass is 35.5. The first kappa shape index (κ1) is 19.5. The fraction of sp³-hybridized carbons (Fsp3) is 0.200. The summed E-state index contributed by atoms with van der Waals surface area (Å²) in [4.78, 5) is 26.9. The molecule has 0 radical (unpaired) electrons. The van der Waals surface area contributed by atoms with Gasteiger partial charge in [-0.05, 0) is 37.3 Å². The van der Waals surface area contributed by atoms with Gasteiger partial charge in [0, 0.05) is 17.5 Å². The Labute approximate surface area is 177 Å². The van der Waals surface area contributed by atoms with Gasteiger partial charge in [0.2, 0.25) is 11.8 Å². The van der Waals surface area contributed by atoms with E-state index in [1.165, 1.54) is 11.8 Å². The van der Waals surface area contributed by atoms with E-state index in [0.29, 0.717) is 21.6 Å². The lowest BCUT2D eigenvalue weighted by Gasteiger charge is -2.27. The minimum atomic E-state index is -0.252. The van der Waals surface area contributed by atoms with Gasteiger partial charge in [0.25, 0.3) is 0 Å². The first-order chi connectivity index (χ1) is 14.0. The van der Waals surface area contributed by atoms with Crippen molar-refractivity contribution in [3.8, 4) is 5.69 Å². The maximum atomic E-state index is 13.1. The number of hydrogen-bond acceptors (Lipinski definition) is 5. The second kappa shape index (κ2) is 8.26. The summed E-state index contributed by atoms with van der Waals surface area (Å²) in [6, 6.07) is 14.4. The van der Waals surface area contributed by atoms with Crippen molar-refractivity contribution in [3.05, 3.63) is 59.9 Å². The number of carbonyl (C=O) groups is 2. The molecule has 4 rings (SSSR count). The van der Waals surface area contributed by atoms with Gasteiger partial charge in [-0.1, -0.05) is 41.6 Å². The minimum absolute atomic E-state index is 0.103. The quantitative estimate of drug-likeness (QED) is 0.641. The molecule has 2 amide bonds. The van der Waals surface area contributed by atoms with Crippen LogP contribution in [-0.4, -0.2) is 38.4 Å². The van der Waals surface area contributed by atoms with Crippen LogP contribution in [0.4, 0.5) is 11.4 Å². The second-order valence-electron chi connectivity index (χ2n) is 6.63. The largest absolute Gasteiger partial charge is 0.324 e. The summed E-state index contributed by atoms with van der Waals surface area (Å²) < 4.78 is 1.79. The summed E-state index contributed by atoms with van der Waals surface area (Å²) in [6.07, 6.45) is 1.83. The average Bonchev–Trinajstić information content (AvgIpc) is 3.11. The molecule has 1 unspecified atom stereocenters. The highest BCUT2D eigenvalue weighted by Crippen LogP contribution is 2.32. The van der Waals surface area contributed by atoms with E-state index in [1.54, 1.807) is 34.0 Å². The number of anilines is 2. The number of thioether (sulfide) groups is 1. The Morgan fingerprint density at radius 1 is 1.28 bits per heavy atom. The normalized spacial score (nSPS) is 16.1. The van der Waals surface area contributed by atoms with E-state index in [1.807, 2.05) is 37.3 Å². The maximum Gasteiger partial charge on any atom is 0.237 e. The summed E-state index contributed by atoms with van der Waals surface area (Å²) in [5.41, 5.74) is 2.16. The Kier molecular flexibility index (Phi) is 5.55. The van der Waals surface area contributed by atoms with Gasteiger partial charge in [0.05, 0.1) is 22.8 Å². The molecule has 1 aliphatic rings. The van der Waals surface area contributed by atoms with Gasteiger partial charge < -0.3 is 10.2 Å². The van der Waals surface area contributed by atoms with Crippen LogP contribution in [0.3, 0.4) is 0 Å². The monoisotopic (exact) mass is 427 g/mol. The van der Waals surface area contributed by atoms with Gasteiger partial charge in [-0.3, -0.25) is 14.2 Å². The lowest BCUT2D eigenvalue weighted by atomic mass is 10.2. The van der Waals surface area contributed by atoms with Crippen LogP contribution in [0.1, 0.15) is 13.3 Å². The lowest BCUT2D eigenvalue weighted by Crippen LogP contribution is -2.40. The Morgan fingerprint density at radius 3 is 2.93 bits per heavy atom. The molecule has 0 spiro atoms. The Morgan fingerprint density at radius 2 is 2.10 bits per heavy atom. The summed E-state index contributed by atoms with van der Waals surface area (Å²) in [6.45, 7) is 1.87. The number of para-hydroxylation sites is 2. The van der Waals surface area contributed by atoms with Gasteiger partial charge in [-0.15, -0.1) is 10.2 Å². The highest BCUT2D eigenvalue weighted by Gasteiger charge is 2.29. The number of nitrogens with one attached hydrogen (secondary N) is 1. The first-order valence-corrected chi connectivity index (χ1v) is 10.4. The Bertz CT molecular complexity index is 1070. The zero-order valence-corrected chi connectivity index (χ0v) is 17.2. The molecule has 0 saturated heterocycles. The molecular formula is C20H18ClN5O2S. The molecule has 1 aromatic heterocycles. The molecule has 2 aromatic carbocycles. The summed E-state index contributed by atoms with van der Waals surface area (Å²) in [7, 11) is 0. The van der Waals surface area contributed by atoms with E-state index < -0.39 is 0 Å². The molecule has 148 valence electrons. The van der Waals surface area contributed by atoms with Crippen LogP contribution in [0.5, 0.6) is 0 Å². The van der Waals surface area contributed by atoms with Crippen LogP contribution in [0, 0.1) is 0 Å². The fourth-order valence-corrected chi connectivity index (χ4v) is 4.26. The maximum absolute atomic E-state index is 13.1. The van der Waals surface area contributed by atoms with Gasteiger partial charge in [-0.25, -0.2) is 0 Å². The van der Waals surface area contributed by atoms with E-state index in [-0.39, 0.29) is 30.0 Å². The molecule has 3 aromatic rings. The third-order valence-corrected chi connectivity index (χ3v) is 5.72. The number of rotatable bonds is 4. The third-order valence-electron chi connectivity index (χ3n) is 4.56. The molecule has 0 fully saturated rings. The van der Waals surface area contributed by atoms with E-state index in [9.17, 15) is 9.59 Å². The number of hydrogen-bond donors (Lipinski definition) is 1. The van der Waals surface area contributed by atoms with Gasteiger partial charge in [0.15, 0.2) is 5.16 Å². The molecule has 2 heterocycles. The number of halogens is 1. The van der Waals surface area contributed by atoms with E-state index in [2.05, 4.69) is 15.5 Å². The first-order valence-electron chi connectivity index (χ1n) is 9.02. The third kappa shape index (κ3) is 4.13. The number of carbonyl (C=O) groups excluding carboxylic acids is 2. The number of amides is 2. The van der Waals surface area contributed by atoms with Crippen LogP contribution in [0.15, 0.2) is 60.0 Å². The molecule has 7 nitrogen and oxygen atoms in total. The summed E-state index contributed by atoms with van der Waals surface area (Å²) in [5.74, 6) is -0.0488. The number of benzene rings is 2. The molecule has 1 aliphatic heterocycles. The molecule has 9 heteroatoms. The van der Waals surface area contributed by atoms with E-state index in [0.717, 1.165) is 5.69 Å². The van der Waals surface area contributed by atoms with Crippen molar-refractivity contribution in [3.63, 3.8) is 0 Å². The fourth-order valence-electron chi connectivity index (χ4n) is 3.29. The van der Waals surface area contributed by atoms with Crippen LogP contribution >= 0.6 is 23.4 Å². The minimum Gasteiger partial charge on any atom is -0.324 e. The predicted octanol–water partition coefficient (Wildman–Crippen LogP) is 3.78. The van der Waals surface area contributed by atoms with Crippen LogP contribution in [-0.2, 0) is 9.59 Å². The zero-order chi connectivity index (χ0) is 20.4. The molecular weight excluding hydrogens is 410 g/mol. The zero-order valence-electron chi connectivity index (χ0n) is 15.6. The number of aromatic nitrogens is 3. The van der Waals surface area contributed by atoms with Gasteiger partial charge in [0.1, 0.15) is 6.33 Å². The molecule has 0 aliphatic carbocycles. The van der Waals surface area contributed by atoms with Crippen molar-refractivity contribution in [1.82, 2.24) is 14.8 Å². The van der Waals surface area contributed by atoms with Crippen molar-refractivity contribution in [2.45, 2.75) is 24.5 Å². The number of fused-ring (bicyclic) bond motifs is 1. The van der Waals surface area contributed by atoms with Crippen LogP contribution in [0.2, 0.25) is 5.02 Å². The molecule has 29 heavy (non-hydrogen) atoms. The van der Waals surface area contributed by atoms with Crippen molar-refractivity contribution in [2.75, 3.05) is 16.0 Å². The highest BCUT2D eigenvalue weighted by molar-refractivity contribution is 7.99. The molecule has 0 bridgehead atoms. The Balaban J connectivity index is 1.55. The van der Waals surface area contributed by atoms with E-state index in [4.69, 9.17) is 11.6 Å². The Hall–Kier alpha value is -2.84. The second-order valence-corrected chi connectivity index (χ2v) is 8.01. The van der Waals surface area contributed by atoms with Crippen LogP contribution < -0.4 is 10.2 Å². The molecule has 1 N–H and O–H groups in total. The standard InChI is InChI=1S/C20H18ClN5O2S/c1-13-9-18(27)23-16-7-2-3-8-17(16)26(13)19(28)11-29-20-24-22-12-25(20)15-6-4-5-14(21)10-15/h2-8,10,12-13H,9,11H2,1H3,(H,23,27). The number of nitrogens with zero attached hydrogens (tertiary/aromatic N) is 4. The smallest absolute Gasteiger partial charge is 0.237 e. The van der Waals surface area contributed by atoms with Crippen molar-refractivity contribution < 1.29 is 9.59 Å².